The van der Waals surface area contributed by atoms with E-state index in [2.05, 4.69) is 20.1 Å². The van der Waals surface area contributed by atoms with E-state index in [1.54, 1.807) is 6.20 Å². The number of nitrogens with one attached hydrogen (secondary N) is 2. The van der Waals surface area contributed by atoms with Crippen molar-refractivity contribution < 1.29 is 8.42 Å². The van der Waals surface area contributed by atoms with Crippen LogP contribution >= 0.6 is 11.3 Å². The number of hydrogen-bond acceptors (Lipinski definition) is 7. The van der Waals surface area contributed by atoms with Crippen molar-refractivity contribution in [2.75, 3.05) is 10.1 Å². The van der Waals surface area contributed by atoms with Gasteiger partial charge < -0.3 is 5.43 Å². The number of nitrogen functional groups attached to an aromatic ring is 1. The van der Waals surface area contributed by atoms with Crippen LogP contribution in [-0.4, -0.2) is 18.4 Å². The number of hydrogen-bond donors (Lipinski definition) is 3. The van der Waals surface area contributed by atoms with Crippen molar-refractivity contribution in [1.82, 2.24) is 9.97 Å². The third kappa shape index (κ3) is 2.75. The van der Waals surface area contributed by atoms with Gasteiger partial charge >= 0.3 is 0 Å². The van der Waals surface area contributed by atoms with Crippen molar-refractivity contribution in [3.63, 3.8) is 0 Å². The first-order valence-electron chi connectivity index (χ1n) is 4.89. The largest absolute Gasteiger partial charge is 0.308 e. The third-order valence-corrected chi connectivity index (χ3v) is 4.33. The molecule has 0 aliphatic heterocycles. The minimum Gasteiger partial charge on any atom is -0.308 e. The lowest BCUT2D eigenvalue weighted by molar-refractivity contribution is 0.601. The third-order valence-electron chi connectivity index (χ3n) is 2.03. The van der Waals surface area contributed by atoms with Crippen LogP contribution in [0.5, 0.6) is 0 Å². The molecule has 0 radical (unpaired) electrons. The summed E-state index contributed by atoms with van der Waals surface area (Å²) in [6, 6.07) is 2.71. The number of sulfonamides is 1. The molecule has 0 atom stereocenters. The van der Waals surface area contributed by atoms with E-state index in [0.717, 1.165) is 4.88 Å². The summed E-state index contributed by atoms with van der Waals surface area (Å²) in [4.78, 5) is 8.77. The van der Waals surface area contributed by atoms with Crippen molar-refractivity contribution in [2.45, 2.75) is 11.8 Å². The van der Waals surface area contributed by atoms with E-state index in [9.17, 15) is 8.42 Å². The Kier molecular flexibility index (Phi) is 3.45. The number of aromatic nitrogens is 2. The highest BCUT2D eigenvalue weighted by Crippen LogP contribution is 2.21. The molecule has 0 unspecified atom stereocenters. The maximum Gasteiger partial charge on any atom is 0.263 e. The summed E-state index contributed by atoms with van der Waals surface area (Å²) in [5.74, 6) is 5.45. The Bertz CT molecular complexity index is 652. The molecule has 0 spiro atoms. The second-order valence-corrected chi connectivity index (χ2v) is 6.32. The fourth-order valence-electron chi connectivity index (χ4n) is 1.23. The molecule has 0 saturated carbocycles. The summed E-state index contributed by atoms with van der Waals surface area (Å²) in [6.07, 6.45) is 2.96. The molecule has 0 amide bonds. The van der Waals surface area contributed by atoms with E-state index in [1.807, 2.05) is 6.92 Å². The quantitative estimate of drug-likeness (QED) is 0.569. The summed E-state index contributed by atoms with van der Waals surface area (Å²) >= 11 is 1.26. The molecule has 2 aromatic heterocycles. The summed E-state index contributed by atoms with van der Waals surface area (Å²) < 4.78 is 26.5. The van der Waals surface area contributed by atoms with Crippen LogP contribution in [0.4, 0.5) is 10.9 Å². The number of anilines is 2. The van der Waals surface area contributed by atoms with Crippen molar-refractivity contribution in [1.29, 1.82) is 0 Å². The van der Waals surface area contributed by atoms with Crippen LogP contribution in [0.1, 0.15) is 4.88 Å². The van der Waals surface area contributed by atoms with E-state index in [4.69, 9.17) is 5.84 Å². The zero-order chi connectivity index (χ0) is 13.2. The van der Waals surface area contributed by atoms with E-state index >= 15 is 0 Å². The Morgan fingerprint density at radius 1 is 1.39 bits per heavy atom. The van der Waals surface area contributed by atoms with Crippen LogP contribution in [0.2, 0.25) is 0 Å². The number of thiazole rings is 1. The standard InChI is InChI=1S/C9H11N5O2S2/c1-6-5-12-9(17-6)14-18(15,16)7-2-3-11-8(4-7)13-10/h2-5H,10H2,1H3,(H,11,13)(H,12,14). The van der Waals surface area contributed by atoms with Crippen molar-refractivity contribution >= 4 is 32.3 Å². The van der Waals surface area contributed by atoms with Crippen LogP contribution in [0.25, 0.3) is 0 Å². The lowest BCUT2D eigenvalue weighted by Gasteiger charge is -2.06. The molecular weight excluding hydrogens is 274 g/mol. The van der Waals surface area contributed by atoms with Crippen molar-refractivity contribution in [2.24, 2.45) is 5.84 Å². The topological polar surface area (TPSA) is 110 Å². The molecule has 9 heteroatoms. The summed E-state index contributed by atoms with van der Waals surface area (Å²) in [5, 5.41) is 0.326. The van der Waals surface area contributed by atoms with E-state index in [-0.39, 0.29) is 10.7 Å². The molecule has 2 heterocycles. The van der Waals surface area contributed by atoms with Gasteiger partial charge in [-0.05, 0) is 13.0 Å². The normalized spacial score (nSPS) is 11.2. The summed E-state index contributed by atoms with van der Waals surface area (Å²) in [6.45, 7) is 1.85. The monoisotopic (exact) mass is 285 g/mol. The first-order chi connectivity index (χ1) is 8.51. The molecule has 96 valence electrons. The highest BCUT2D eigenvalue weighted by Gasteiger charge is 2.16. The molecule has 0 aliphatic rings. The summed E-state index contributed by atoms with van der Waals surface area (Å²) in [5.41, 5.74) is 2.29. The Morgan fingerprint density at radius 2 is 2.17 bits per heavy atom. The Hall–Kier alpha value is -1.71. The molecule has 0 saturated heterocycles. The van der Waals surface area contributed by atoms with Crippen LogP contribution in [0, 0.1) is 6.92 Å². The van der Waals surface area contributed by atoms with Crippen LogP contribution < -0.4 is 16.0 Å². The maximum atomic E-state index is 12.0. The van der Waals surface area contributed by atoms with Gasteiger partial charge in [0.15, 0.2) is 5.13 Å². The molecule has 2 rings (SSSR count). The minimum absolute atomic E-state index is 0.0679. The number of pyridine rings is 1. The minimum atomic E-state index is -3.67. The van der Waals surface area contributed by atoms with Gasteiger partial charge in [-0.3, -0.25) is 4.72 Å². The Labute approximate surface area is 108 Å². The smallest absolute Gasteiger partial charge is 0.263 e. The summed E-state index contributed by atoms with van der Waals surface area (Å²) in [7, 11) is -3.67. The first kappa shape index (κ1) is 12.7. The second kappa shape index (κ2) is 4.88. The van der Waals surface area contributed by atoms with E-state index in [1.165, 1.54) is 29.7 Å². The predicted octanol–water partition coefficient (Wildman–Crippen LogP) is 0.933. The lowest BCUT2D eigenvalue weighted by Crippen LogP contribution is -2.14. The highest BCUT2D eigenvalue weighted by atomic mass is 32.2. The number of nitrogens with zero attached hydrogens (tertiary/aromatic N) is 2. The molecule has 2 aromatic rings. The fraction of sp³-hybridized carbons (Fsp3) is 0.111. The zero-order valence-electron chi connectivity index (χ0n) is 9.41. The van der Waals surface area contributed by atoms with Crippen molar-refractivity contribution in [3.05, 3.63) is 29.4 Å². The number of rotatable bonds is 4. The number of aryl methyl sites for hydroxylation is 1. The molecular formula is C9H11N5O2S2. The first-order valence-corrected chi connectivity index (χ1v) is 7.19. The Balaban J connectivity index is 2.30. The predicted molar refractivity (Wildman–Crippen MR) is 69.7 cm³/mol. The molecule has 18 heavy (non-hydrogen) atoms. The van der Waals surface area contributed by atoms with Gasteiger partial charge in [-0.1, -0.05) is 0 Å². The van der Waals surface area contributed by atoms with Gasteiger partial charge in [0.25, 0.3) is 10.0 Å². The molecule has 7 nitrogen and oxygen atoms in total. The molecule has 0 fully saturated rings. The van der Waals surface area contributed by atoms with Crippen molar-refractivity contribution in [3.8, 4) is 0 Å². The molecule has 0 bridgehead atoms. The number of nitrogens with two attached hydrogens (primary N) is 1. The van der Waals surface area contributed by atoms with Gasteiger partial charge in [-0.2, -0.15) is 0 Å². The average Bonchev–Trinajstić information content (AvgIpc) is 2.74. The highest BCUT2D eigenvalue weighted by molar-refractivity contribution is 7.93. The van der Waals surface area contributed by atoms with Gasteiger partial charge in [0.2, 0.25) is 0 Å². The average molecular weight is 285 g/mol. The van der Waals surface area contributed by atoms with Gasteiger partial charge in [0.1, 0.15) is 5.82 Å². The van der Waals surface area contributed by atoms with E-state index < -0.39 is 10.0 Å². The molecule has 0 aliphatic carbocycles. The van der Waals surface area contributed by atoms with Gasteiger partial charge in [0.05, 0.1) is 4.90 Å². The maximum absolute atomic E-state index is 12.0. The van der Waals surface area contributed by atoms with Crippen LogP contribution in [0.3, 0.4) is 0 Å². The molecule has 4 N–H and O–H groups in total. The Morgan fingerprint density at radius 3 is 2.78 bits per heavy atom. The van der Waals surface area contributed by atoms with Crippen LogP contribution in [0.15, 0.2) is 29.4 Å². The SMILES string of the molecule is Cc1cnc(NS(=O)(=O)c2ccnc(NN)c2)s1. The van der Waals surface area contributed by atoms with Crippen LogP contribution in [-0.2, 0) is 10.0 Å². The van der Waals surface area contributed by atoms with Gasteiger partial charge in [-0.15, -0.1) is 11.3 Å². The number of hydrazine groups is 1. The van der Waals surface area contributed by atoms with Gasteiger partial charge in [0, 0.05) is 23.3 Å². The van der Waals surface area contributed by atoms with Gasteiger partial charge in [-0.25, -0.2) is 24.2 Å². The van der Waals surface area contributed by atoms with E-state index in [0.29, 0.717) is 5.13 Å². The second-order valence-electron chi connectivity index (χ2n) is 3.40. The molecule has 0 aromatic carbocycles. The zero-order valence-corrected chi connectivity index (χ0v) is 11.0. The lowest BCUT2D eigenvalue weighted by atomic mass is 10.5. The fourth-order valence-corrected chi connectivity index (χ4v) is 3.15.